The molecule has 0 N–H and O–H groups in total. The van der Waals surface area contributed by atoms with E-state index in [0.717, 1.165) is 12.0 Å². The lowest BCUT2D eigenvalue weighted by molar-refractivity contribution is -0.150. The number of nitrogens with zero attached hydrogens (tertiary/aromatic N) is 3. The van der Waals surface area contributed by atoms with Crippen LogP contribution in [0.25, 0.3) is 0 Å². The Bertz CT molecular complexity index is 540. The van der Waals surface area contributed by atoms with Crippen molar-refractivity contribution in [2.45, 2.75) is 32.6 Å². The first kappa shape index (κ1) is 15.7. The van der Waals surface area contributed by atoms with E-state index in [-0.39, 0.29) is 6.61 Å². The summed E-state index contributed by atoms with van der Waals surface area (Å²) < 4.78 is 5.02. The minimum atomic E-state index is -1.38. The second-order valence-corrected chi connectivity index (χ2v) is 4.52. The van der Waals surface area contributed by atoms with Crippen LogP contribution >= 0.6 is 0 Å². The number of pyridine rings is 1. The van der Waals surface area contributed by atoms with Crippen molar-refractivity contribution in [3.63, 3.8) is 0 Å². The number of rotatable bonds is 5. The van der Waals surface area contributed by atoms with Crippen LogP contribution in [0.1, 0.15) is 32.0 Å². The van der Waals surface area contributed by atoms with E-state index in [1.54, 1.807) is 19.2 Å². The molecule has 0 aliphatic heterocycles. The molecule has 1 atom stereocenters. The Hall–Kier alpha value is -2.40. The molecule has 1 rings (SSSR count). The average Bonchev–Trinajstić information content (AvgIpc) is 2.48. The van der Waals surface area contributed by atoms with Crippen molar-refractivity contribution in [1.29, 1.82) is 10.5 Å². The lowest BCUT2D eigenvalue weighted by Crippen LogP contribution is -2.41. The molecule has 0 bridgehead atoms. The lowest BCUT2D eigenvalue weighted by Gasteiger charge is -2.27. The van der Waals surface area contributed by atoms with E-state index in [9.17, 15) is 4.79 Å². The topological polar surface area (TPSA) is 86.8 Å². The Morgan fingerprint density at radius 1 is 1.40 bits per heavy atom. The second-order valence-electron chi connectivity index (χ2n) is 4.52. The summed E-state index contributed by atoms with van der Waals surface area (Å²) in [6.07, 6.45) is 2.47. The third-order valence-electron chi connectivity index (χ3n) is 3.30. The summed E-state index contributed by atoms with van der Waals surface area (Å²) in [5.74, 6) is -1.76. The normalized spacial score (nSPS) is 13.1. The Balaban J connectivity index is 3.33. The summed E-state index contributed by atoms with van der Waals surface area (Å²) in [6, 6.07) is 7.23. The maximum atomic E-state index is 12.2. The number of hydrogen-bond donors (Lipinski definition) is 0. The Morgan fingerprint density at radius 2 is 2.05 bits per heavy atom. The zero-order valence-corrected chi connectivity index (χ0v) is 11.9. The molecule has 1 unspecified atom stereocenters. The van der Waals surface area contributed by atoms with E-state index in [4.69, 9.17) is 15.3 Å². The van der Waals surface area contributed by atoms with Crippen LogP contribution in [-0.4, -0.2) is 17.6 Å². The SMILES string of the molecule is CCOC(=O)C(C)(c1ccc(CC)cn1)C(C#N)C#N. The Labute approximate surface area is 118 Å². The van der Waals surface area contributed by atoms with Gasteiger partial charge in [-0.1, -0.05) is 13.0 Å². The van der Waals surface area contributed by atoms with Gasteiger partial charge in [0.1, 0.15) is 5.41 Å². The number of aryl methyl sites for hydroxylation is 1. The fraction of sp³-hybridized carbons (Fsp3) is 0.467. The maximum absolute atomic E-state index is 12.2. The van der Waals surface area contributed by atoms with Gasteiger partial charge in [0, 0.05) is 6.20 Å². The van der Waals surface area contributed by atoms with Gasteiger partial charge >= 0.3 is 5.97 Å². The molecule has 5 nitrogen and oxygen atoms in total. The number of esters is 1. The van der Waals surface area contributed by atoms with Crippen LogP contribution in [0.3, 0.4) is 0 Å². The number of carbonyl (C=O) groups is 1. The highest BCUT2D eigenvalue weighted by molar-refractivity contribution is 5.83. The van der Waals surface area contributed by atoms with Gasteiger partial charge in [-0.25, -0.2) is 0 Å². The van der Waals surface area contributed by atoms with Crippen LogP contribution in [0.2, 0.25) is 0 Å². The van der Waals surface area contributed by atoms with Gasteiger partial charge in [-0.3, -0.25) is 9.78 Å². The van der Waals surface area contributed by atoms with Gasteiger partial charge in [-0.15, -0.1) is 0 Å². The Morgan fingerprint density at radius 3 is 2.45 bits per heavy atom. The molecule has 0 radical (unpaired) electrons. The summed E-state index contributed by atoms with van der Waals surface area (Å²) in [4.78, 5) is 16.5. The second kappa shape index (κ2) is 6.68. The number of nitriles is 2. The maximum Gasteiger partial charge on any atom is 0.320 e. The molecule has 0 aliphatic carbocycles. The van der Waals surface area contributed by atoms with Crippen LogP contribution < -0.4 is 0 Å². The van der Waals surface area contributed by atoms with Crippen molar-refractivity contribution in [2.24, 2.45) is 5.92 Å². The van der Waals surface area contributed by atoms with Crippen LogP contribution in [0.5, 0.6) is 0 Å². The predicted molar refractivity (Wildman–Crippen MR) is 72.3 cm³/mol. The van der Waals surface area contributed by atoms with Crippen molar-refractivity contribution in [3.8, 4) is 12.1 Å². The predicted octanol–water partition coefficient (Wildman–Crippen LogP) is 2.13. The number of hydrogen-bond acceptors (Lipinski definition) is 5. The molecule has 0 amide bonds. The summed E-state index contributed by atoms with van der Waals surface area (Å²) in [7, 11) is 0. The van der Waals surface area contributed by atoms with Crippen LogP contribution in [0.4, 0.5) is 0 Å². The standard InChI is InChI=1S/C15H17N3O2/c1-4-11-6-7-13(18-10-11)15(3,12(8-16)9-17)14(19)20-5-2/h6-7,10,12H,4-5H2,1-3H3. The molecule has 0 saturated carbocycles. The number of carbonyl (C=O) groups excluding carboxylic acids is 1. The first-order valence-corrected chi connectivity index (χ1v) is 6.46. The van der Waals surface area contributed by atoms with Gasteiger partial charge in [0.05, 0.1) is 24.4 Å². The highest BCUT2D eigenvalue weighted by Crippen LogP contribution is 2.32. The van der Waals surface area contributed by atoms with Crippen LogP contribution in [0, 0.1) is 28.6 Å². The first-order chi connectivity index (χ1) is 9.54. The minimum Gasteiger partial charge on any atom is -0.465 e. The third-order valence-corrected chi connectivity index (χ3v) is 3.30. The van der Waals surface area contributed by atoms with Crippen molar-refractivity contribution < 1.29 is 9.53 Å². The fourth-order valence-electron chi connectivity index (χ4n) is 1.88. The van der Waals surface area contributed by atoms with Crippen LogP contribution in [0.15, 0.2) is 18.3 Å². The number of aromatic nitrogens is 1. The first-order valence-electron chi connectivity index (χ1n) is 6.46. The molecular formula is C15H17N3O2. The molecular weight excluding hydrogens is 254 g/mol. The van der Waals surface area contributed by atoms with Gasteiger partial charge in [-0.05, 0) is 31.9 Å². The summed E-state index contributed by atoms with van der Waals surface area (Å²) >= 11 is 0. The third kappa shape index (κ3) is 2.78. The fourth-order valence-corrected chi connectivity index (χ4v) is 1.88. The van der Waals surface area contributed by atoms with Crippen molar-refractivity contribution >= 4 is 5.97 Å². The zero-order chi connectivity index (χ0) is 15.2. The van der Waals surface area contributed by atoms with E-state index >= 15 is 0 Å². The molecule has 1 aromatic heterocycles. The van der Waals surface area contributed by atoms with Crippen molar-refractivity contribution in [1.82, 2.24) is 4.98 Å². The molecule has 20 heavy (non-hydrogen) atoms. The van der Waals surface area contributed by atoms with Crippen molar-refractivity contribution in [3.05, 3.63) is 29.6 Å². The van der Waals surface area contributed by atoms with Gasteiger partial charge in [0.15, 0.2) is 5.92 Å². The largest absolute Gasteiger partial charge is 0.465 e. The zero-order valence-electron chi connectivity index (χ0n) is 11.9. The van der Waals surface area contributed by atoms with E-state index in [2.05, 4.69) is 4.98 Å². The van der Waals surface area contributed by atoms with Crippen molar-refractivity contribution in [2.75, 3.05) is 6.61 Å². The molecule has 0 aliphatic rings. The highest BCUT2D eigenvalue weighted by atomic mass is 16.5. The van der Waals surface area contributed by atoms with E-state index in [1.165, 1.54) is 6.92 Å². The van der Waals surface area contributed by atoms with Crippen LogP contribution in [-0.2, 0) is 21.4 Å². The smallest absolute Gasteiger partial charge is 0.320 e. The van der Waals surface area contributed by atoms with E-state index < -0.39 is 17.3 Å². The summed E-state index contributed by atoms with van der Waals surface area (Å²) in [5.41, 5.74) is 0.0119. The van der Waals surface area contributed by atoms with Gasteiger partial charge in [-0.2, -0.15) is 10.5 Å². The molecule has 5 heteroatoms. The monoisotopic (exact) mass is 271 g/mol. The van der Waals surface area contributed by atoms with E-state index in [1.807, 2.05) is 25.1 Å². The minimum absolute atomic E-state index is 0.186. The van der Waals surface area contributed by atoms with Gasteiger partial charge in [0.2, 0.25) is 0 Å². The quantitative estimate of drug-likeness (QED) is 0.765. The molecule has 0 aromatic carbocycles. The average molecular weight is 271 g/mol. The molecule has 0 fully saturated rings. The number of ether oxygens (including phenoxy) is 1. The van der Waals surface area contributed by atoms with Gasteiger partial charge in [0.25, 0.3) is 0 Å². The van der Waals surface area contributed by atoms with E-state index in [0.29, 0.717) is 5.69 Å². The molecule has 1 aromatic rings. The highest BCUT2D eigenvalue weighted by Gasteiger charge is 2.46. The summed E-state index contributed by atoms with van der Waals surface area (Å²) in [5, 5.41) is 18.3. The summed E-state index contributed by atoms with van der Waals surface area (Å²) in [6.45, 7) is 5.38. The van der Waals surface area contributed by atoms with Gasteiger partial charge < -0.3 is 4.74 Å². The Kier molecular flexibility index (Phi) is 5.23. The molecule has 0 spiro atoms. The molecule has 0 saturated heterocycles. The molecule has 104 valence electrons. The lowest BCUT2D eigenvalue weighted by atomic mass is 9.75. The molecule has 1 heterocycles.